The fraction of sp³-hybridized carbons (Fsp3) is 0. The first-order valence-corrected chi connectivity index (χ1v) is 5.46. The molecule has 3 aromatic rings. The third-order valence-electron chi connectivity index (χ3n) is 2.59. The van der Waals surface area contributed by atoms with E-state index >= 15 is 0 Å². The normalized spacial score (nSPS) is 10.8. The lowest BCUT2D eigenvalue weighted by atomic mass is 10.3. The van der Waals surface area contributed by atoms with E-state index in [2.05, 4.69) is 20.2 Å². The molecule has 2 aromatic heterocycles. The molecule has 0 aliphatic carbocycles. The van der Waals surface area contributed by atoms with E-state index in [-0.39, 0.29) is 34.3 Å². The van der Waals surface area contributed by atoms with Gasteiger partial charge in [-0.2, -0.15) is 9.97 Å². The van der Waals surface area contributed by atoms with E-state index in [1.165, 1.54) is 12.1 Å². The minimum absolute atomic E-state index is 0.0374. The zero-order valence-electron chi connectivity index (χ0n) is 9.96. The van der Waals surface area contributed by atoms with Gasteiger partial charge in [0.05, 0.1) is 4.92 Å². The van der Waals surface area contributed by atoms with Crippen LogP contribution in [0.2, 0.25) is 0 Å². The van der Waals surface area contributed by atoms with Crippen molar-refractivity contribution in [3.63, 3.8) is 0 Å². The summed E-state index contributed by atoms with van der Waals surface area (Å²) in [6.07, 6.45) is 0. The van der Waals surface area contributed by atoms with Crippen molar-refractivity contribution in [1.82, 2.24) is 25.0 Å². The number of hydrogen-bond donors (Lipinski definition) is 2. The maximum Gasteiger partial charge on any atom is 0.296 e. The maximum absolute atomic E-state index is 11.0. The number of para-hydroxylation sites is 2. The molecule has 0 radical (unpaired) electrons. The van der Waals surface area contributed by atoms with E-state index in [1.54, 1.807) is 12.1 Å². The number of nitrogen functional groups attached to an aromatic ring is 2. The second-order valence-corrected chi connectivity index (χ2v) is 3.87. The molecule has 0 fully saturated rings. The van der Waals surface area contributed by atoms with Crippen LogP contribution in [0, 0.1) is 10.1 Å². The third kappa shape index (κ3) is 1.75. The predicted molar refractivity (Wildman–Crippen MR) is 69.9 cm³/mol. The van der Waals surface area contributed by atoms with Gasteiger partial charge in [0.2, 0.25) is 11.6 Å². The number of nitrogens with two attached hydrogens (primary N) is 2. The zero-order valence-corrected chi connectivity index (χ0v) is 9.96. The fourth-order valence-electron chi connectivity index (χ4n) is 1.75. The lowest BCUT2D eigenvalue weighted by molar-refractivity contribution is -0.384. The molecule has 0 bridgehead atoms. The standard InChI is InChI=1S/C10H8N8O2/c11-8-7-9(14-10(12)13-8)16-17(15-7)5-3-1-2-4-6(5)18(19)20/h1-4H,(H4,11,12,13,14,16). The van der Waals surface area contributed by atoms with Crippen molar-refractivity contribution in [2.45, 2.75) is 0 Å². The number of benzene rings is 1. The average molecular weight is 272 g/mol. The van der Waals surface area contributed by atoms with E-state index in [4.69, 9.17) is 11.5 Å². The Morgan fingerprint density at radius 2 is 1.90 bits per heavy atom. The number of rotatable bonds is 2. The minimum Gasteiger partial charge on any atom is -0.382 e. The lowest BCUT2D eigenvalue weighted by Crippen LogP contribution is -2.03. The van der Waals surface area contributed by atoms with Crippen LogP contribution in [0.15, 0.2) is 24.3 Å². The molecule has 4 N–H and O–H groups in total. The van der Waals surface area contributed by atoms with Gasteiger partial charge in [0.15, 0.2) is 17.0 Å². The Labute approximate surface area is 111 Å². The van der Waals surface area contributed by atoms with Gasteiger partial charge in [-0.3, -0.25) is 10.1 Å². The van der Waals surface area contributed by atoms with Crippen molar-refractivity contribution < 1.29 is 4.92 Å². The van der Waals surface area contributed by atoms with Crippen LogP contribution in [-0.4, -0.2) is 29.9 Å². The van der Waals surface area contributed by atoms with Crippen LogP contribution in [0.1, 0.15) is 0 Å². The summed E-state index contributed by atoms with van der Waals surface area (Å²) in [5.41, 5.74) is 11.6. The highest BCUT2D eigenvalue weighted by Crippen LogP contribution is 2.23. The Balaban J connectivity index is 2.26. The molecule has 2 heterocycles. The molecule has 3 rings (SSSR count). The molecular formula is C10H8N8O2. The van der Waals surface area contributed by atoms with Crippen molar-refractivity contribution in [2.75, 3.05) is 11.5 Å². The molecule has 0 spiro atoms. The highest BCUT2D eigenvalue weighted by atomic mass is 16.6. The van der Waals surface area contributed by atoms with E-state index in [1.807, 2.05) is 0 Å². The molecular weight excluding hydrogens is 264 g/mol. The summed E-state index contributed by atoms with van der Waals surface area (Å²) in [7, 11) is 0. The monoisotopic (exact) mass is 272 g/mol. The highest BCUT2D eigenvalue weighted by Gasteiger charge is 2.18. The van der Waals surface area contributed by atoms with Crippen LogP contribution in [0.3, 0.4) is 0 Å². The van der Waals surface area contributed by atoms with Crippen molar-refractivity contribution in [2.24, 2.45) is 0 Å². The van der Waals surface area contributed by atoms with E-state index in [9.17, 15) is 10.1 Å². The summed E-state index contributed by atoms with van der Waals surface area (Å²) in [5.74, 6) is 0.0296. The largest absolute Gasteiger partial charge is 0.382 e. The first-order chi connectivity index (χ1) is 9.56. The van der Waals surface area contributed by atoms with Crippen molar-refractivity contribution in [3.8, 4) is 5.69 Å². The first-order valence-electron chi connectivity index (χ1n) is 5.46. The van der Waals surface area contributed by atoms with E-state index in [0.717, 1.165) is 4.80 Å². The Hall–Kier alpha value is -3.30. The van der Waals surface area contributed by atoms with Crippen molar-refractivity contribution in [3.05, 3.63) is 34.4 Å². The second-order valence-electron chi connectivity index (χ2n) is 3.87. The average Bonchev–Trinajstić information content (AvgIpc) is 2.82. The molecule has 0 saturated carbocycles. The first kappa shape index (κ1) is 11.8. The lowest BCUT2D eigenvalue weighted by Gasteiger charge is -1.99. The summed E-state index contributed by atoms with van der Waals surface area (Å²) in [6, 6.07) is 6.06. The molecule has 10 nitrogen and oxygen atoms in total. The molecule has 0 atom stereocenters. The smallest absolute Gasteiger partial charge is 0.296 e. The number of aromatic nitrogens is 5. The number of nitro groups is 1. The van der Waals surface area contributed by atoms with Gasteiger partial charge in [-0.25, -0.2) is 0 Å². The molecule has 0 saturated heterocycles. The second kappa shape index (κ2) is 4.12. The van der Waals surface area contributed by atoms with Crippen molar-refractivity contribution in [1.29, 1.82) is 0 Å². The van der Waals surface area contributed by atoms with Gasteiger partial charge in [-0.05, 0) is 6.07 Å². The summed E-state index contributed by atoms with van der Waals surface area (Å²) in [5, 5.41) is 19.1. The number of nitrogens with zero attached hydrogens (tertiary/aromatic N) is 6. The van der Waals surface area contributed by atoms with Crippen LogP contribution < -0.4 is 11.5 Å². The molecule has 0 aliphatic rings. The Morgan fingerprint density at radius 3 is 2.65 bits per heavy atom. The van der Waals surface area contributed by atoms with Gasteiger partial charge in [0, 0.05) is 6.07 Å². The molecule has 1 aromatic carbocycles. The molecule has 0 aliphatic heterocycles. The maximum atomic E-state index is 11.0. The third-order valence-corrected chi connectivity index (χ3v) is 2.59. The Morgan fingerprint density at radius 1 is 1.15 bits per heavy atom. The Bertz CT molecular complexity index is 827. The highest BCUT2D eigenvalue weighted by molar-refractivity contribution is 5.81. The summed E-state index contributed by atoms with van der Waals surface area (Å²) >= 11 is 0. The molecule has 0 amide bonds. The SMILES string of the molecule is Nc1nc(N)c2nn(-c3ccccc3[N+](=O)[O-])nc2n1. The Kier molecular flexibility index (Phi) is 2.42. The zero-order chi connectivity index (χ0) is 14.3. The van der Waals surface area contributed by atoms with Crippen LogP contribution in [0.25, 0.3) is 16.9 Å². The van der Waals surface area contributed by atoms with Crippen LogP contribution in [0.4, 0.5) is 17.5 Å². The molecule has 20 heavy (non-hydrogen) atoms. The van der Waals surface area contributed by atoms with Gasteiger partial charge in [-0.15, -0.1) is 15.0 Å². The number of nitro benzene ring substituents is 1. The quantitative estimate of drug-likeness (QED) is 0.498. The minimum atomic E-state index is -0.521. The van der Waals surface area contributed by atoms with Crippen LogP contribution in [-0.2, 0) is 0 Å². The number of hydrogen-bond acceptors (Lipinski definition) is 8. The topological polar surface area (TPSA) is 152 Å². The summed E-state index contributed by atoms with van der Waals surface area (Å²) < 4.78 is 0. The fourth-order valence-corrected chi connectivity index (χ4v) is 1.75. The summed E-state index contributed by atoms with van der Waals surface area (Å²) in [4.78, 5) is 19.2. The van der Waals surface area contributed by atoms with Gasteiger partial charge in [0.25, 0.3) is 5.69 Å². The van der Waals surface area contributed by atoms with Crippen LogP contribution >= 0.6 is 0 Å². The van der Waals surface area contributed by atoms with Gasteiger partial charge < -0.3 is 11.5 Å². The predicted octanol–water partition coefficient (Wildman–Crippen LogP) is 0.283. The van der Waals surface area contributed by atoms with Crippen molar-refractivity contribution >= 4 is 28.6 Å². The van der Waals surface area contributed by atoms with Gasteiger partial charge in [-0.1, -0.05) is 12.1 Å². The van der Waals surface area contributed by atoms with Gasteiger partial charge in [0.1, 0.15) is 0 Å². The molecule has 10 heteroatoms. The van der Waals surface area contributed by atoms with Crippen LogP contribution in [0.5, 0.6) is 0 Å². The number of fused-ring (bicyclic) bond motifs is 1. The van der Waals surface area contributed by atoms with Gasteiger partial charge >= 0.3 is 0 Å². The van der Waals surface area contributed by atoms with E-state index in [0.29, 0.717) is 0 Å². The summed E-state index contributed by atoms with van der Waals surface area (Å²) in [6.45, 7) is 0. The van der Waals surface area contributed by atoms with E-state index < -0.39 is 4.92 Å². The molecule has 0 unspecified atom stereocenters. The molecule has 100 valence electrons. The number of anilines is 2.